The minimum atomic E-state index is -0.910. The molecular weight excluding hydrogens is 308 g/mol. The van der Waals surface area contributed by atoms with Crippen LogP contribution in [0.15, 0.2) is 48.1 Å². The van der Waals surface area contributed by atoms with Crippen molar-refractivity contribution < 1.29 is 9.90 Å². The van der Waals surface area contributed by atoms with Crippen molar-refractivity contribution in [1.29, 1.82) is 0 Å². The van der Waals surface area contributed by atoms with Gasteiger partial charge in [0.25, 0.3) is 0 Å². The fourth-order valence-corrected chi connectivity index (χ4v) is 3.80. The van der Waals surface area contributed by atoms with Crippen molar-refractivity contribution >= 4 is 11.5 Å². The Morgan fingerprint density at radius 3 is 2.48 bits per heavy atom. The maximum absolute atomic E-state index is 10.7. The molecule has 2 nitrogen and oxygen atoms in total. The molecule has 0 saturated heterocycles. The van der Waals surface area contributed by atoms with E-state index in [1.807, 2.05) is 12.2 Å². The zero-order valence-electron chi connectivity index (χ0n) is 15.9. The SMILES string of the molecule is CC(=C/C(=O)O)/C=C/C=C(\C)c1ccc(C)c(C2(C)CCCCC2)c1. The second kappa shape index (κ2) is 8.33. The van der Waals surface area contributed by atoms with Gasteiger partial charge in [-0.3, -0.25) is 0 Å². The smallest absolute Gasteiger partial charge is 0.328 e. The number of hydrogen-bond acceptors (Lipinski definition) is 1. The van der Waals surface area contributed by atoms with Crippen LogP contribution in [0.4, 0.5) is 0 Å². The molecule has 0 spiro atoms. The predicted octanol–water partition coefficient (Wildman–Crippen LogP) is 6.21. The molecule has 0 aliphatic heterocycles. The van der Waals surface area contributed by atoms with Crippen LogP contribution in [0.25, 0.3) is 5.57 Å². The minimum absolute atomic E-state index is 0.301. The minimum Gasteiger partial charge on any atom is -0.478 e. The molecular formula is C23H30O2. The van der Waals surface area contributed by atoms with E-state index in [0.29, 0.717) is 5.41 Å². The molecule has 0 amide bonds. The molecule has 2 rings (SSSR count). The van der Waals surface area contributed by atoms with E-state index in [0.717, 1.165) is 5.57 Å². The number of benzene rings is 1. The van der Waals surface area contributed by atoms with E-state index in [2.05, 4.69) is 45.0 Å². The summed E-state index contributed by atoms with van der Waals surface area (Å²) in [5, 5.41) is 8.75. The highest BCUT2D eigenvalue weighted by atomic mass is 16.4. The quantitative estimate of drug-likeness (QED) is 0.512. The second-order valence-electron chi connectivity index (χ2n) is 7.59. The Morgan fingerprint density at radius 2 is 1.84 bits per heavy atom. The van der Waals surface area contributed by atoms with Gasteiger partial charge in [-0.05, 0) is 66.9 Å². The van der Waals surface area contributed by atoms with Gasteiger partial charge in [0.2, 0.25) is 0 Å². The van der Waals surface area contributed by atoms with Gasteiger partial charge >= 0.3 is 5.97 Å². The van der Waals surface area contributed by atoms with Gasteiger partial charge in [-0.15, -0.1) is 0 Å². The summed E-state index contributed by atoms with van der Waals surface area (Å²) in [7, 11) is 0. The molecule has 2 heteroatoms. The van der Waals surface area contributed by atoms with Crippen LogP contribution in [0.1, 0.15) is 69.6 Å². The van der Waals surface area contributed by atoms with Crippen LogP contribution in [0, 0.1) is 6.92 Å². The standard InChI is InChI=1S/C23H30O2/c1-17(15-22(24)25)9-8-10-18(2)20-12-11-19(3)21(16-20)23(4)13-6-5-7-14-23/h8-12,15-16H,5-7,13-14H2,1-4H3,(H,24,25)/b9-8+,17-15-,18-10+. The molecule has 0 heterocycles. The van der Waals surface area contributed by atoms with Gasteiger partial charge < -0.3 is 5.11 Å². The summed E-state index contributed by atoms with van der Waals surface area (Å²) < 4.78 is 0. The fourth-order valence-electron chi connectivity index (χ4n) is 3.80. The van der Waals surface area contributed by atoms with Crippen LogP contribution in [-0.4, -0.2) is 11.1 Å². The fraction of sp³-hybridized carbons (Fsp3) is 0.435. The molecule has 0 bridgehead atoms. The summed E-state index contributed by atoms with van der Waals surface area (Å²) in [6, 6.07) is 6.78. The molecule has 1 aliphatic carbocycles. The molecule has 0 unspecified atom stereocenters. The van der Waals surface area contributed by atoms with Gasteiger partial charge in [0.1, 0.15) is 0 Å². The Morgan fingerprint density at radius 1 is 1.16 bits per heavy atom. The number of carboxylic acids is 1. The lowest BCUT2D eigenvalue weighted by atomic mass is 9.69. The molecule has 0 radical (unpaired) electrons. The van der Waals surface area contributed by atoms with Crippen LogP contribution in [0.5, 0.6) is 0 Å². The molecule has 25 heavy (non-hydrogen) atoms. The lowest BCUT2D eigenvalue weighted by Crippen LogP contribution is -2.26. The number of hydrogen-bond donors (Lipinski definition) is 1. The number of rotatable bonds is 5. The maximum atomic E-state index is 10.7. The monoisotopic (exact) mass is 338 g/mol. The van der Waals surface area contributed by atoms with E-state index in [1.165, 1.54) is 60.4 Å². The zero-order valence-corrected chi connectivity index (χ0v) is 15.9. The first kappa shape index (κ1) is 19.2. The van der Waals surface area contributed by atoms with Crippen molar-refractivity contribution in [1.82, 2.24) is 0 Å². The molecule has 134 valence electrons. The highest BCUT2D eigenvalue weighted by Gasteiger charge is 2.30. The van der Waals surface area contributed by atoms with Gasteiger partial charge in [0.15, 0.2) is 0 Å². The molecule has 1 N–H and O–H groups in total. The molecule has 0 aromatic heterocycles. The second-order valence-corrected chi connectivity index (χ2v) is 7.59. The lowest BCUT2D eigenvalue weighted by molar-refractivity contribution is -0.131. The molecule has 0 atom stereocenters. The van der Waals surface area contributed by atoms with E-state index in [-0.39, 0.29) is 0 Å². The van der Waals surface area contributed by atoms with E-state index < -0.39 is 5.97 Å². The highest BCUT2D eigenvalue weighted by Crippen LogP contribution is 2.41. The van der Waals surface area contributed by atoms with Crippen molar-refractivity contribution in [2.24, 2.45) is 0 Å². The van der Waals surface area contributed by atoms with Crippen molar-refractivity contribution in [3.8, 4) is 0 Å². The van der Waals surface area contributed by atoms with E-state index >= 15 is 0 Å². The largest absolute Gasteiger partial charge is 0.478 e. The van der Waals surface area contributed by atoms with Crippen LogP contribution in [0.2, 0.25) is 0 Å². The van der Waals surface area contributed by atoms with Crippen LogP contribution in [-0.2, 0) is 10.2 Å². The van der Waals surface area contributed by atoms with Crippen molar-refractivity contribution in [2.45, 2.75) is 65.2 Å². The zero-order chi connectivity index (χ0) is 18.4. The molecule has 1 saturated carbocycles. The average molecular weight is 338 g/mol. The highest BCUT2D eigenvalue weighted by molar-refractivity contribution is 5.81. The number of aryl methyl sites for hydroxylation is 1. The van der Waals surface area contributed by atoms with Crippen LogP contribution < -0.4 is 0 Å². The van der Waals surface area contributed by atoms with E-state index in [9.17, 15) is 4.79 Å². The number of aliphatic carboxylic acids is 1. The van der Waals surface area contributed by atoms with Gasteiger partial charge in [0.05, 0.1) is 0 Å². The van der Waals surface area contributed by atoms with Crippen molar-refractivity contribution in [3.63, 3.8) is 0 Å². The Labute approximate surface area is 152 Å². The Kier molecular flexibility index (Phi) is 6.41. The topological polar surface area (TPSA) is 37.3 Å². The van der Waals surface area contributed by atoms with E-state index in [1.54, 1.807) is 6.92 Å². The van der Waals surface area contributed by atoms with Gasteiger partial charge in [-0.2, -0.15) is 0 Å². The van der Waals surface area contributed by atoms with Gasteiger partial charge in [-0.25, -0.2) is 4.79 Å². The number of carboxylic acid groups (broad SMARTS) is 1. The third-order valence-electron chi connectivity index (χ3n) is 5.36. The first-order valence-electron chi connectivity index (χ1n) is 9.19. The Bertz CT molecular complexity index is 714. The third kappa shape index (κ3) is 5.19. The Hall–Kier alpha value is -2.09. The molecule has 1 aliphatic rings. The Balaban J connectivity index is 2.25. The van der Waals surface area contributed by atoms with Crippen LogP contribution in [0.3, 0.4) is 0 Å². The summed E-state index contributed by atoms with van der Waals surface area (Å²) >= 11 is 0. The summed E-state index contributed by atoms with van der Waals surface area (Å²) in [5.41, 5.74) is 6.35. The van der Waals surface area contributed by atoms with E-state index in [4.69, 9.17) is 5.11 Å². The molecule has 1 aromatic rings. The molecule has 1 fully saturated rings. The van der Waals surface area contributed by atoms with Crippen molar-refractivity contribution in [3.05, 3.63) is 64.8 Å². The number of allylic oxidation sites excluding steroid dienone is 5. The summed E-state index contributed by atoms with van der Waals surface area (Å²) in [4.78, 5) is 10.7. The normalized spacial score (nSPS) is 18.6. The van der Waals surface area contributed by atoms with Gasteiger partial charge in [0, 0.05) is 6.08 Å². The average Bonchev–Trinajstić information content (AvgIpc) is 2.55. The summed E-state index contributed by atoms with van der Waals surface area (Å²) in [6.45, 7) is 8.54. The van der Waals surface area contributed by atoms with Crippen LogP contribution >= 0.6 is 0 Å². The molecule has 1 aromatic carbocycles. The predicted molar refractivity (Wildman–Crippen MR) is 106 cm³/mol. The number of carbonyl (C=O) groups is 1. The first-order chi connectivity index (χ1) is 11.8. The first-order valence-corrected chi connectivity index (χ1v) is 9.19. The summed E-state index contributed by atoms with van der Waals surface area (Å²) in [6.07, 6.45) is 13.6. The van der Waals surface area contributed by atoms with Crippen molar-refractivity contribution in [2.75, 3.05) is 0 Å². The summed E-state index contributed by atoms with van der Waals surface area (Å²) in [5.74, 6) is -0.910. The lowest BCUT2D eigenvalue weighted by Gasteiger charge is -2.35. The maximum Gasteiger partial charge on any atom is 0.328 e. The third-order valence-corrected chi connectivity index (χ3v) is 5.36. The van der Waals surface area contributed by atoms with Gasteiger partial charge in [-0.1, -0.05) is 62.6 Å².